The highest BCUT2D eigenvalue weighted by atomic mass is 16.3. The summed E-state index contributed by atoms with van der Waals surface area (Å²) in [5.41, 5.74) is -0.498. The Morgan fingerprint density at radius 3 is 2.00 bits per heavy atom. The van der Waals surface area contributed by atoms with Crippen molar-refractivity contribution in [2.24, 2.45) is 0 Å². The third-order valence-corrected chi connectivity index (χ3v) is 2.99. The molecule has 0 amide bonds. The summed E-state index contributed by atoms with van der Waals surface area (Å²) in [6, 6.07) is 0. The van der Waals surface area contributed by atoms with Gasteiger partial charge >= 0.3 is 0 Å². The Morgan fingerprint density at radius 1 is 1.00 bits per heavy atom. The molecule has 1 fully saturated rings. The molecule has 0 aromatic heterocycles. The number of hydrogen-bond donors (Lipinski definition) is 1. The lowest BCUT2D eigenvalue weighted by molar-refractivity contribution is 0.0565. The van der Waals surface area contributed by atoms with Gasteiger partial charge in [-0.1, -0.05) is 19.3 Å². The van der Waals surface area contributed by atoms with Crippen LogP contribution < -0.4 is 0 Å². The monoisotopic (exact) mass is 199 g/mol. The molecule has 0 radical (unpaired) electrons. The van der Waals surface area contributed by atoms with Gasteiger partial charge in [-0.15, -0.1) is 0 Å². The van der Waals surface area contributed by atoms with Crippen LogP contribution in [0.5, 0.6) is 0 Å². The maximum Gasteiger partial charge on any atom is 0.0603 e. The van der Waals surface area contributed by atoms with Gasteiger partial charge in [0.25, 0.3) is 0 Å². The fourth-order valence-corrected chi connectivity index (χ4v) is 1.97. The molecule has 84 valence electrons. The van der Waals surface area contributed by atoms with Gasteiger partial charge in [0.15, 0.2) is 0 Å². The van der Waals surface area contributed by atoms with E-state index in [9.17, 15) is 5.11 Å². The highest BCUT2D eigenvalue weighted by Gasteiger charge is 2.15. The van der Waals surface area contributed by atoms with Crippen molar-refractivity contribution in [3.05, 3.63) is 0 Å². The van der Waals surface area contributed by atoms with Gasteiger partial charge in [0.05, 0.1) is 5.60 Å². The summed E-state index contributed by atoms with van der Waals surface area (Å²) in [4.78, 5) is 2.51. The lowest BCUT2D eigenvalue weighted by Crippen LogP contribution is -2.33. The molecule has 0 aliphatic carbocycles. The van der Waals surface area contributed by atoms with E-state index in [4.69, 9.17) is 0 Å². The number of rotatable bonds is 3. The predicted molar refractivity (Wildman–Crippen MR) is 60.4 cm³/mol. The van der Waals surface area contributed by atoms with Crippen molar-refractivity contribution in [1.82, 2.24) is 4.90 Å². The molecule has 0 saturated carbocycles. The Balaban J connectivity index is 2.20. The molecule has 0 spiro atoms. The van der Waals surface area contributed by atoms with Gasteiger partial charge in [-0.25, -0.2) is 0 Å². The van der Waals surface area contributed by atoms with Crippen molar-refractivity contribution < 1.29 is 5.11 Å². The van der Waals surface area contributed by atoms with Gasteiger partial charge in [-0.3, -0.25) is 0 Å². The Morgan fingerprint density at radius 2 is 1.50 bits per heavy atom. The first-order chi connectivity index (χ1) is 6.58. The van der Waals surface area contributed by atoms with Crippen LogP contribution in [0.15, 0.2) is 0 Å². The summed E-state index contributed by atoms with van der Waals surface area (Å²) in [5.74, 6) is 0. The molecule has 1 aliphatic rings. The zero-order chi connectivity index (χ0) is 10.4. The van der Waals surface area contributed by atoms with Crippen LogP contribution in [0.2, 0.25) is 0 Å². The van der Waals surface area contributed by atoms with Crippen LogP contribution in [0.25, 0.3) is 0 Å². The lowest BCUT2D eigenvalue weighted by atomic mass is 10.0. The van der Waals surface area contributed by atoms with Gasteiger partial charge in [0.2, 0.25) is 0 Å². The van der Waals surface area contributed by atoms with E-state index in [2.05, 4.69) is 4.90 Å². The van der Waals surface area contributed by atoms with Crippen LogP contribution in [0.4, 0.5) is 0 Å². The highest BCUT2D eigenvalue weighted by molar-refractivity contribution is 4.70. The molecule has 14 heavy (non-hydrogen) atoms. The van der Waals surface area contributed by atoms with E-state index < -0.39 is 5.60 Å². The molecule has 1 N–H and O–H groups in total. The molecule has 2 nitrogen and oxygen atoms in total. The van der Waals surface area contributed by atoms with Gasteiger partial charge < -0.3 is 10.0 Å². The predicted octanol–water partition coefficient (Wildman–Crippen LogP) is 2.41. The average molecular weight is 199 g/mol. The minimum Gasteiger partial charge on any atom is -0.390 e. The maximum atomic E-state index is 9.65. The van der Waals surface area contributed by atoms with E-state index in [0.717, 1.165) is 13.0 Å². The standard InChI is InChI=1S/C12H25NO/c1-12(2,14)8-11-13-9-6-4-3-5-7-10-13/h14H,3-11H2,1-2H3. The van der Waals surface area contributed by atoms with Gasteiger partial charge in [-0.2, -0.15) is 0 Å². The smallest absolute Gasteiger partial charge is 0.0603 e. The van der Waals surface area contributed by atoms with Crippen LogP contribution in [-0.2, 0) is 0 Å². The minimum absolute atomic E-state index is 0.498. The Kier molecular flexibility index (Phi) is 4.90. The first kappa shape index (κ1) is 12.0. The van der Waals surface area contributed by atoms with E-state index in [0.29, 0.717) is 0 Å². The third kappa shape index (κ3) is 5.61. The molecular weight excluding hydrogens is 174 g/mol. The van der Waals surface area contributed by atoms with E-state index in [-0.39, 0.29) is 0 Å². The molecule has 1 saturated heterocycles. The van der Waals surface area contributed by atoms with E-state index in [1.54, 1.807) is 0 Å². The number of hydrogen-bond acceptors (Lipinski definition) is 2. The summed E-state index contributed by atoms with van der Waals surface area (Å²) in [7, 11) is 0. The Hall–Kier alpha value is -0.0800. The van der Waals surface area contributed by atoms with E-state index in [1.165, 1.54) is 45.2 Å². The molecule has 0 atom stereocenters. The summed E-state index contributed by atoms with van der Waals surface area (Å²) in [6.07, 6.45) is 7.77. The van der Waals surface area contributed by atoms with Crippen molar-refractivity contribution in [2.75, 3.05) is 19.6 Å². The number of aliphatic hydroxyl groups is 1. The molecule has 1 rings (SSSR count). The van der Waals surface area contributed by atoms with Gasteiger partial charge in [-0.05, 0) is 46.2 Å². The fraction of sp³-hybridized carbons (Fsp3) is 1.00. The molecule has 0 aromatic rings. The zero-order valence-corrected chi connectivity index (χ0v) is 9.76. The van der Waals surface area contributed by atoms with Crippen LogP contribution >= 0.6 is 0 Å². The molecule has 2 heteroatoms. The second kappa shape index (κ2) is 5.72. The van der Waals surface area contributed by atoms with Gasteiger partial charge in [0.1, 0.15) is 0 Å². The van der Waals surface area contributed by atoms with Crippen molar-refractivity contribution in [3.63, 3.8) is 0 Å². The second-order valence-electron chi connectivity index (χ2n) is 5.17. The van der Waals surface area contributed by atoms with Crippen molar-refractivity contribution in [3.8, 4) is 0 Å². The normalized spacial score (nSPS) is 21.6. The lowest BCUT2D eigenvalue weighted by Gasteiger charge is -2.27. The minimum atomic E-state index is -0.498. The zero-order valence-electron chi connectivity index (χ0n) is 9.76. The number of likely N-dealkylation sites (tertiary alicyclic amines) is 1. The van der Waals surface area contributed by atoms with E-state index >= 15 is 0 Å². The Labute approximate surface area is 88.3 Å². The molecular formula is C12H25NO. The average Bonchev–Trinajstić information content (AvgIpc) is 2.00. The van der Waals surface area contributed by atoms with Crippen molar-refractivity contribution in [1.29, 1.82) is 0 Å². The molecule has 0 unspecified atom stereocenters. The molecule has 1 aliphatic heterocycles. The van der Waals surface area contributed by atoms with E-state index in [1.807, 2.05) is 13.8 Å². The third-order valence-electron chi connectivity index (χ3n) is 2.99. The quantitative estimate of drug-likeness (QED) is 0.754. The van der Waals surface area contributed by atoms with Crippen molar-refractivity contribution >= 4 is 0 Å². The Bertz CT molecular complexity index is 143. The van der Waals surface area contributed by atoms with Gasteiger partial charge in [0, 0.05) is 6.54 Å². The summed E-state index contributed by atoms with van der Waals surface area (Å²) < 4.78 is 0. The van der Waals surface area contributed by atoms with Crippen LogP contribution in [-0.4, -0.2) is 35.2 Å². The van der Waals surface area contributed by atoms with Crippen molar-refractivity contribution in [2.45, 2.75) is 58.0 Å². The molecule has 0 bridgehead atoms. The largest absolute Gasteiger partial charge is 0.390 e. The van der Waals surface area contributed by atoms with Crippen LogP contribution in [0.3, 0.4) is 0 Å². The first-order valence-electron chi connectivity index (χ1n) is 6.03. The molecule has 0 aromatic carbocycles. The summed E-state index contributed by atoms with van der Waals surface area (Å²) >= 11 is 0. The summed E-state index contributed by atoms with van der Waals surface area (Å²) in [5, 5.41) is 9.65. The highest BCUT2D eigenvalue weighted by Crippen LogP contribution is 2.13. The maximum absolute atomic E-state index is 9.65. The topological polar surface area (TPSA) is 23.5 Å². The number of nitrogens with zero attached hydrogens (tertiary/aromatic N) is 1. The van der Waals surface area contributed by atoms with Crippen LogP contribution in [0, 0.1) is 0 Å². The fourth-order valence-electron chi connectivity index (χ4n) is 1.97. The first-order valence-corrected chi connectivity index (χ1v) is 6.03. The molecule has 1 heterocycles. The summed E-state index contributed by atoms with van der Waals surface area (Å²) in [6.45, 7) is 7.32. The van der Waals surface area contributed by atoms with Crippen LogP contribution in [0.1, 0.15) is 52.4 Å². The SMILES string of the molecule is CC(C)(O)CCN1CCCCCCC1. The second-order valence-corrected chi connectivity index (χ2v) is 5.17.